The SMILES string of the molecule is C[Si](C)(C)c1ccc2c(c1)-c1cc([Si](C)(C)C)c[c]([Zr]([C]3=CC=CC3)=[C]3CCCC3)c1C2. The summed E-state index contributed by atoms with van der Waals surface area (Å²) in [6.07, 6.45) is 15.3. The maximum atomic E-state index is 2.75. The molecule has 0 N–H and O–H groups in total. The van der Waals surface area contributed by atoms with E-state index in [4.69, 9.17) is 0 Å². The quantitative estimate of drug-likeness (QED) is 0.351. The zero-order valence-corrected chi connectivity index (χ0v) is 25.3. The summed E-state index contributed by atoms with van der Waals surface area (Å²) in [6.45, 7) is 15.1. The minimum absolute atomic E-state index is 1.16. The molecule has 0 aromatic heterocycles. The average molecular weight is 534 g/mol. The monoisotopic (exact) mass is 532 g/mol. The molecular weight excluding hydrogens is 496 g/mol. The summed E-state index contributed by atoms with van der Waals surface area (Å²) in [7, 11) is -2.73. The van der Waals surface area contributed by atoms with Crippen LogP contribution in [0.1, 0.15) is 43.2 Å². The fourth-order valence-electron chi connectivity index (χ4n) is 5.67. The number of fused-ring (bicyclic) bond motifs is 3. The van der Waals surface area contributed by atoms with Gasteiger partial charge in [-0.15, -0.1) is 0 Å². The van der Waals surface area contributed by atoms with E-state index in [1.807, 2.05) is 9.76 Å². The van der Waals surface area contributed by atoms with Crippen LogP contribution in [0.5, 0.6) is 0 Å². The predicted octanol–water partition coefficient (Wildman–Crippen LogP) is 6.18. The molecule has 0 saturated heterocycles. The Bertz CT molecular complexity index is 1170. The number of rotatable bonds is 4. The summed E-state index contributed by atoms with van der Waals surface area (Å²) in [5.74, 6) is 0. The van der Waals surface area contributed by atoms with E-state index in [1.165, 1.54) is 32.1 Å². The van der Waals surface area contributed by atoms with Gasteiger partial charge >= 0.3 is 206 Å². The Morgan fingerprint density at radius 2 is 1.47 bits per heavy atom. The Morgan fingerprint density at radius 3 is 2.09 bits per heavy atom. The van der Waals surface area contributed by atoms with E-state index < -0.39 is 37.4 Å². The van der Waals surface area contributed by atoms with Crippen LogP contribution in [0.15, 0.2) is 51.8 Å². The van der Waals surface area contributed by atoms with Crippen LogP contribution >= 0.6 is 0 Å². The maximum absolute atomic E-state index is 2.75. The molecule has 166 valence electrons. The van der Waals surface area contributed by atoms with Crippen molar-refractivity contribution in [2.45, 2.75) is 77.8 Å². The Kier molecular flexibility index (Phi) is 6.00. The molecule has 3 aliphatic rings. The average Bonchev–Trinajstić information content (AvgIpc) is 3.48. The minimum atomic E-state index is -2.02. The first-order valence-electron chi connectivity index (χ1n) is 12.5. The van der Waals surface area contributed by atoms with Crippen LogP contribution in [-0.4, -0.2) is 19.4 Å². The Labute approximate surface area is 205 Å². The van der Waals surface area contributed by atoms with Gasteiger partial charge in [0, 0.05) is 0 Å². The van der Waals surface area contributed by atoms with Crippen molar-refractivity contribution in [3.8, 4) is 11.1 Å². The Morgan fingerprint density at radius 1 is 0.781 bits per heavy atom. The summed E-state index contributed by atoms with van der Waals surface area (Å²) >= 11 is -2.02. The number of benzene rings is 2. The van der Waals surface area contributed by atoms with E-state index in [1.54, 1.807) is 32.6 Å². The van der Waals surface area contributed by atoms with Crippen molar-refractivity contribution in [1.29, 1.82) is 0 Å². The predicted molar refractivity (Wildman–Crippen MR) is 146 cm³/mol. The third kappa shape index (κ3) is 4.19. The van der Waals surface area contributed by atoms with E-state index in [0.717, 1.165) is 6.42 Å². The van der Waals surface area contributed by atoms with Crippen LogP contribution in [0.2, 0.25) is 39.3 Å². The van der Waals surface area contributed by atoms with Gasteiger partial charge in [-0.2, -0.15) is 0 Å². The van der Waals surface area contributed by atoms with Crippen LogP contribution in [0, 0.1) is 0 Å². The van der Waals surface area contributed by atoms with Crippen LogP contribution in [0.3, 0.4) is 0 Å². The third-order valence-electron chi connectivity index (χ3n) is 7.67. The van der Waals surface area contributed by atoms with E-state index in [0.29, 0.717) is 0 Å². The molecule has 0 nitrogen and oxygen atoms in total. The van der Waals surface area contributed by atoms with Crippen molar-refractivity contribution in [1.82, 2.24) is 0 Å². The molecule has 3 heteroatoms. The molecule has 0 aliphatic heterocycles. The normalized spacial score (nSPS) is 17.6. The molecule has 2 aromatic carbocycles. The van der Waals surface area contributed by atoms with Crippen molar-refractivity contribution in [3.05, 3.63) is 63.0 Å². The topological polar surface area (TPSA) is 0 Å². The van der Waals surface area contributed by atoms with E-state index in [9.17, 15) is 0 Å². The van der Waals surface area contributed by atoms with Gasteiger partial charge in [0.25, 0.3) is 0 Å². The van der Waals surface area contributed by atoms with Gasteiger partial charge in [-0.25, -0.2) is 0 Å². The second-order valence-corrected chi connectivity index (χ2v) is 28.7. The number of hydrogen-bond acceptors (Lipinski definition) is 0. The molecule has 3 aliphatic carbocycles. The van der Waals surface area contributed by atoms with Crippen LogP contribution in [0.4, 0.5) is 0 Å². The molecule has 0 spiro atoms. The fourth-order valence-corrected chi connectivity index (χ4v) is 16.8. The van der Waals surface area contributed by atoms with Gasteiger partial charge in [-0.1, -0.05) is 0 Å². The fraction of sp³-hybridized carbons (Fsp3) is 0.414. The first kappa shape index (κ1) is 22.9. The number of hydrogen-bond donors (Lipinski definition) is 0. The van der Waals surface area contributed by atoms with Crippen LogP contribution in [-0.2, 0) is 27.7 Å². The van der Waals surface area contributed by atoms with Gasteiger partial charge in [0.2, 0.25) is 0 Å². The molecule has 32 heavy (non-hydrogen) atoms. The zero-order valence-electron chi connectivity index (χ0n) is 20.9. The van der Waals surface area contributed by atoms with Crippen molar-refractivity contribution >= 4 is 33.0 Å². The Hall–Kier alpha value is -0.893. The number of allylic oxidation sites excluding steroid dienone is 4. The summed E-state index contributed by atoms with van der Waals surface area (Å²) in [6, 6.07) is 12.9. The second kappa shape index (κ2) is 8.40. The van der Waals surface area contributed by atoms with Gasteiger partial charge in [0.05, 0.1) is 0 Å². The molecule has 5 rings (SSSR count). The zero-order chi connectivity index (χ0) is 22.7. The molecule has 0 bridgehead atoms. The molecular formula is C29H38Si2Zr. The van der Waals surface area contributed by atoms with Gasteiger partial charge < -0.3 is 0 Å². The van der Waals surface area contributed by atoms with Crippen molar-refractivity contribution in [2.75, 3.05) is 0 Å². The van der Waals surface area contributed by atoms with Gasteiger partial charge in [-0.3, -0.25) is 0 Å². The summed E-state index contributed by atoms with van der Waals surface area (Å²) in [5.41, 5.74) is 6.47. The van der Waals surface area contributed by atoms with Gasteiger partial charge in [-0.05, 0) is 0 Å². The third-order valence-corrected chi connectivity index (χ3v) is 19.6. The van der Waals surface area contributed by atoms with Gasteiger partial charge in [0.15, 0.2) is 0 Å². The molecule has 0 atom stereocenters. The molecule has 1 fully saturated rings. The summed E-state index contributed by atoms with van der Waals surface area (Å²) in [5, 5.41) is 3.29. The van der Waals surface area contributed by atoms with Crippen LogP contribution < -0.4 is 13.6 Å². The first-order chi connectivity index (χ1) is 15.1. The molecule has 0 amide bonds. The standard InChI is InChI=1S/C19H25Si2.C5H8.C5H5.Zr/c1-20(2,3)16-9-7-14-11-15-8-10-17(21(4,5)6)13-19(15)18(14)12-16;2*1-2-4-5-3-1;/h7,9-10,12-13H,11H2,1-6H3;1-4H2;1-3H,4H2;. The van der Waals surface area contributed by atoms with E-state index in [2.05, 4.69) is 87.8 Å². The van der Waals surface area contributed by atoms with Crippen molar-refractivity contribution < 1.29 is 21.3 Å². The van der Waals surface area contributed by atoms with Crippen LogP contribution in [0.25, 0.3) is 11.1 Å². The van der Waals surface area contributed by atoms with E-state index in [-0.39, 0.29) is 0 Å². The molecule has 1 saturated carbocycles. The first-order valence-corrected chi connectivity index (χ1v) is 23.2. The molecule has 0 unspecified atom stereocenters. The van der Waals surface area contributed by atoms with Crippen molar-refractivity contribution in [2.24, 2.45) is 0 Å². The Balaban J connectivity index is 1.77. The van der Waals surface area contributed by atoms with E-state index >= 15 is 0 Å². The molecule has 0 heterocycles. The molecule has 0 radical (unpaired) electrons. The summed E-state index contributed by atoms with van der Waals surface area (Å²) in [4.78, 5) is 0. The molecule has 2 aromatic rings. The summed E-state index contributed by atoms with van der Waals surface area (Å²) < 4.78 is 5.67. The second-order valence-electron chi connectivity index (χ2n) is 12.1. The van der Waals surface area contributed by atoms with Crippen molar-refractivity contribution in [3.63, 3.8) is 0 Å². The van der Waals surface area contributed by atoms with Gasteiger partial charge in [0.1, 0.15) is 0 Å².